The van der Waals surface area contributed by atoms with Crippen LogP contribution >= 0.6 is 0 Å². The number of aliphatic hydroxyl groups is 1. The fraction of sp³-hybridized carbons (Fsp3) is 0.667. The summed E-state index contributed by atoms with van der Waals surface area (Å²) in [7, 11) is 3.14. The zero-order chi connectivity index (χ0) is 13.3. The lowest BCUT2D eigenvalue weighted by Crippen LogP contribution is -2.40. The molecule has 0 saturated heterocycles. The predicted octanol–water partition coefficient (Wildman–Crippen LogP) is -0.959. The van der Waals surface area contributed by atoms with Crippen LogP contribution in [0.25, 0.3) is 0 Å². The van der Waals surface area contributed by atoms with Gasteiger partial charge in [0.15, 0.2) is 0 Å². The molecule has 1 aromatic rings. The van der Waals surface area contributed by atoms with Gasteiger partial charge in [0.2, 0.25) is 0 Å². The van der Waals surface area contributed by atoms with Crippen LogP contribution in [-0.4, -0.2) is 38.3 Å². The molecule has 0 spiro atoms. The molecule has 6 nitrogen and oxygen atoms in total. The van der Waals surface area contributed by atoms with Crippen LogP contribution in [0.1, 0.15) is 18.5 Å². The van der Waals surface area contributed by atoms with E-state index in [4.69, 9.17) is 5.11 Å². The summed E-state index contributed by atoms with van der Waals surface area (Å²) >= 11 is 0. The van der Waals surface area contributed by atoms with Crippen molar-refractivity contribution in [2.75, 3.05) is 13.2 Å². The molecule has 0 aliphatic heterocycles. The first-order valence-corrected chi connectivity index (χ1v) is 6.15. The van der Waals surface area contributed by atoms with Gasteiger partial charge in [-0.25, -0.2) is 4.79 Å². The van der Waals surface area contributed by atoms with Gasteiger partial charge >= 0.3 is 5.69 Å². The van der Waals surface area contributed by atoms with Crippen LogP contribution in [0, 0.1) is 0 Å². The number of nitrogens with zero attached hydrogens (tertiary/aromatic N) is 3. The third-order valence-electron chi connectivity index (χ3n) is 3.44. The molecule has 1 aliphatic carbocycles. The number of hydrogen-bond donors (Lipinski definition) is 1. The van der Waals surface area contributed by atoms with Gasteiger partial charge in [0, 0.05) is 45.0 Å². The van der Waals surface area contributed by atoms with Crippen molar-refractivity contribution in [2.45, 2.75) is 25.4 Å². The van der Waals surface area contributed by atoms with Crippen molar-refractivity contribution in [2.24, 2.45) is 14.1 Å². The monoisotopic (exact) mass is 253 g/mol. The summed E-state index contributed by atoms with van der Waals surface area (Å²) in [5.74, 6) is 0. The van der Waals surface area contributed by atoms with Gasteiger partial charge in [0.05, 0.1) is 6.61 Å². The van der Waals surface area contributed by atoms with Gasteiger partial charge in [-0.05, 0) is 12.8 Å². The highest BCUT2D eigenvalue weighted by molar-refractivity contribution is 5.03. The lowest BCUT2D eigenvalue weighted by atomic mass is 10.3. The first-order valence-electron chi connectivity index (χ1n) is 6.15. The summed E-state index contributed by atoms with van der Waals surface area (Å²) in [6.45, 7) is 1.20. The molecule has 100 valence electrons. The summed E-state index contributed by atoms with van der Waals surface area (Å²) in [4.78, 5) is 25.5. The van der Waals surface area contributed by atoms with Crippen molar-refractivity contribution < 1.29 is 5.11 Å². The Morgan fingerprint density at radius 3 is 2.56 bits per heavy atom. The quantitative estimate of drug-likeness (QED) is 0.734. The van der Waals surface area contributed by atoms with Crippen molar-refractivity contribution in [3.63, 3.8) is 0 Å². The summed E-state index contributed by atoms with van der Waals surface area (Å²) in [6.07, 6.45) is 2.25. The summed E-state index contributed by atoms with van der Waals surface area (Å²) in [5, 5.41) is 9.04. The summed E-state index contributed by atoms with van der Waals surface area (Å²) in [6, 6.07) is 1.98. The van der Waals surface area contributed by atoms with Gasteiger partial charge in [-0.15, -0.1) is 0 Å². The molecule has 0 radical (unpaired) electrons. The zero-order valence-corrected chi connectivity index (χ0v) is 10.8. The number of rotatable bonds is 5. The van der Waals surface area contributed by atoms with E-state index in [1.54, 1.807) is 7.05 Å². The second-order valence-corrected chi connectivity index (χ2v) is 4.80. The normalized spacial score (nSPS) is 15.3. The molecule has 1 aromatic heterocycles. The molecular weight excluding hydrogens is 234 g/mol. The van der Waals surface area contributed by atoms with Crippen molar-refractivity contribution >= 4 is 0 Å². The van der Waals surface area contributed by atoms with Crippen molar-refractivity contribution in [3.05, 3.63) is 32.6 Å². The van der Waals surface area contributed by atoms with Crippen molar-refractivity contribution in [1.82, 2.24) is 14.0 Å². The maximum atomic E-state index is 11.8. The van der Waals surface area contributed by atoms with Gasteiger partial charge < -0.3 is 5.11 Å². The molecule has 2 rings (SSSR count). The smallest absolute Gasteiger partial charge is 0.330 e. The molecule has 18 heavy (non-hydrogen) atoms. The van der Waals surface area contributed by atoms with Gasteiger partial charge in [0.25, 0.3) is 5.56 Å². The van der Waals surface area contributed by atoms with Gasteiger partial charge in [-0.2, -0.15) is 0 Å². The van der Waals surface area contributed by atoms with Gasteiger partial charge in [-0.1, -0.05) is 0 Å². The van der Waals surface area contributed by atoms with Crippen LogP contribution in [-0.2, 0) is 20.6 Å². The van der Waals surface area contributed by atoms with Crippen molar-refractivity contribution in [3.8, 4) is 0 Å². The Morgan fingerprint density at radius 2 is 2.00 bits per heavy atom. The van der Waals surface area contributed by atoms with E-state index in [0.717, 1.165) is 17.4 Å². The molecule has 0 atom stereocenters. The zero-order valence-electron chi connectivity index (χ0n) is 10.8. The van der Waals surface area contributed by atoms with E-state index in [-0.39, 0.29) is 17.9 Å². The second-order valence-electron chi connectivity index (χ2n) is 4.80. The minimum Gasteiger partial charge on any atom is -0.395 e. The van der Waals surface area contributed by atoms with E-state index in [2.05, 4.69) is 4.90 Å². The maximum absolute atomic E-state index is 11.8. The minimum absolute atomic E-state index is 0.0925. The molecule has 1 aliphatic rings. The molecular formula is C12H19N3O3. The Kier molecular flexibility index (Phi) is 3.68. The van der Waals surface area contributed by atoms with Crippen LogP contribution < -0.4 is 11.2 Å². The first-order chi connectivity index (χ1) is 8.54. The Bertz CT molecular complexity index is 542. The SMILES string of the molecule is Cn1c(CN(CCO)C2CC2)cc(=O)n(C)c1=O. The van der Waals surface area contributed by atoms with E-state index < -0.39 is 0 Å². The molecule has 0 amide bonds. The van der Waals surface area contributed by atoms with Gasteiger partial charge in [0.1, 0.15) is 0 Å². The Labute approximate surface area is 105 Å². The fourth-order valence-corrected chi connectivity index (χ4v) is 2.10. The molecule has 1 saturated carbocycles. The number of hydrogen-bond acceptors (Lipinski definition) is 4. The third-order valence-corrected chi connectivity index (χ3v) is 3.44. The molecule has 1 heterocycles. The fourth-order valence-electron chi connectivity index (χ4n) is 2.10. The highest BCUT2D eigenvalue weighted by Gasteiger charge is 2.29. The molecule has 6 heteroatoms. The molecule has 0 bridgehead atoms. The Hall–Kier alpha value is -1.40. The number of aromatic nitrogens is 2. The van der Waals surface area contributed by atoms with Crippen LogP contribution in [0.4, 0.5) is 0 Å². The van der Waals surface area contributed by atoms with Gasteiger partial charge in [-0.3, -0.25) is 18.8 Å². The first kappa shape index (κ1) is 13.0. The second kappa shape index (κ2) is 5.07. The molecule has 1 N–H and O–H groups in total. The van der Waals surface area contributed by atoms with Crippen LogP contribution in [0.5, 0.6) is 0 Å². The van der Waals surface area contributed by atoms with Crippen molar-refractivity contribution in [1.29, 1.82) is 0 Å². The average molecular weight is 253 g/mol. The van der Waals surface area contributed by atoms with E-state index in [9.17, 15) is 9.59 Å². The number of aliphatic hydroxyl groups excluding tert-OH is 1. The highest BCUT2D eigenvalue weighted by atomic mass is 16.3. The molecule has 1 fully saturated rings. The molecule has 0 aromatic carbocycles. The summed E-state index contributed by atoms with van der Waals surface area (Å²) < 4.78 is 2.59. The topological polar surface area (TPSA) is 67.5 Å². The van der Waals surface area contributed by atoms with Crippen LogP contribution in [0.3, 0.4) is 0 Å². The maximum Gasteiger partial charge on any atom is 0.330 e. The predicted molar refractivity (Wildman–Crippen MR) is 67.4 cm³/mol. The Morgan fingerprint density at radius 1 is 1.33 bits per heavy atom. The Balaban J connectivity index is 2.28. The molecule has 0 unspecified atom stereocenters. The minimum atomic E-state index is -0.308. The standard InChI is InChI=1S/C12H19N3O3/c1-13-10(7-11(17)14(2)12(13)18)8-15(5-6-16)9-3-4-9/h7,9,16H,3-6,8H2,1-2H3. The van der Waals surface area contributed by atoms with E-state index in [0.29, 0.717) is 24.8 Å². The highest BCUT2D eigenvalue weighted by Crippen LogP contribution is 2.27. The van der Waals surface area contributed by atoms with Crippen LogP contribution in [0.15, 0.2) is 15.7 Å². The largest absolute Gasteiger partial charge is 0.395 e. The van der Waals surface area contributed by atoms with E-state index in [1.165, 1.54) is 17.7 Å². The lowest BCUT2D eigenvalue weighted by molar-refractivity contribution is 0.180. The lowest BCUT2D eigenvalue weighted by Gasteiger charge is -2.22. The van der Waals surface area contributed by atoms with E-state index in [1.807, 2.05) is 0 Å². The van der Waals surface area contributed by atoms with Crippen LogP contribution in [0.2, 0.25) is 0 Å². The third kappa shape index (κ3) is 2.54. The average Bonchev–Trinajstić information content (AvgIpc) is 3.16. The van der Waals surface area contributed by atoms with E-state index >= 15 is 0 Å². The summed E-state index contributed by atoms with van der Waals surface area (Å²) in [5.41, 5.74) is 0.105.